The van der Waals surface area contributed by atoms with Crippen LogP contribution in [0, 0.1) is 12.7 Å². The van der Waals surface area contributed by atoms with Gasteiger partial charge in [-0.15, -0.1) is 0 Å². The lowest BCUT2D eigenvalue weighted by molar-refractivity contribution is 0.610. The number of aromatic amines is 1. The van der Waals surface area contributed by atoms with E-state index in [4.69, 9.17) is 5.73 Å². The van der Waals surface area contributed by atoms with Crippen molar-refractivity contribution in [3.05, 3.63) is 35.4 Å². The Bertz CT molecular complexity index is 510. The van der Waals surface area contributed by atoms with Crippen LogP contribution in [0.2, 0.25) is 0 Å². The quantitative estimate of drug-likeness (QED) is 0.880. The van der Waals surface area contributed by atoms with Gasteiger partial charge in [0.15, 0.2) is 5.16 Å². The SMILES string of the molecule is Cc1cc(Sc2ncn[nH]2)c([C@@H](C)N)cc1F. The summed E-state index contributed by atoms with van der Waals surface area (Å²) in [6.07, 6.45) is 1.43. The van der Waals surface area contributed by atoms with Crippen molar-refractivity contribution in [2.45, 2.75) is 29.9 Å². The summed E-state index contributed by atoms with van der Waals surface area (Å²) in [5.74, 6) is -0.237. The van der Waals surface area contributed by atoms with Crippen molar-refractivity contribution < 1.29 is 4.39 Å². The molecule has 3 N–H and O–H groups in total. The van der Waals surface area contributed by atoms with Crippen molar-refractivity contribution >= 4 is 11.8 Å². The van der Waals surface area contributed by atoms with Crippen LogP contribution in [0.1, 0.15) is 24.1 Å². The van der Waals surface area contributed by atoms with Crippen LogP contribution in [0.5, 0.6) is 0 Å². The van der Waals surface area contributed by atoms with Gasteiger partial charge in [-0.2, -0.15) is 5.10 Å². The van der Waals surface area contributed by atoms with E-state index in [-0.39, 0.29) is 11.9 Å². The van der Waals surface area contributed by atoms with Gasteiger partial charge in [0.25, 0.3) is 0 Å². The fraction of sp³-hybridized carbons (Fsp3) is 0.273. The molecule has 0 bridgehead atoms. The summed E-state index contributed by atoms with van der Waals surface area (Å²) in [4.78, 5) is 4.92. The number of nitrogens with zero attached hydrogens (tertiary/aromatic N) is 2. The van der Waals surface area contributed by atoms with Gasteiger partial charge < -0.3 is 5.73 Å². The number of halogens is 1. The van der Waals surface area contributed by atoms with Crippen molar-refractivity contribution in [1.29, 1.82) is 0 Å². The lowest BCUT2D eigenvalue weighted by Gasteiger charge is -2.12. The molecule has 1 aromatic carbocycles. The summed E-state index contributed by atoms with van der Waals surface area (Å²) in [5, 5.41) is 7.19. The number of hydrogen-bond acceptors (Lipinski definition) is 4. The first kappa shape index (κ1) is 12.1. The van der Waals surface area contributed by atoms with Crippen molar-refractivity contribution in [3.8, 4) is 0 Å². The number of H-pyrrole nitrogens is 1. The topological polar surface area (TPSA) is 67.6 Å². The lowest BCUT2D eigenvalue weighted by Crippen LogP contribution is -2.07. The van der Waals surface area contributed by atoms with Gasteiger partial charge in [0, 0.05) is 10.9 Å². The summed E-state index contributed by atoms with van der Waals surface area (Å²) in [6.45, 7) is 3.55. The van der Waals surface area contributed by atoms with Crippen LogP contribution in [-0.4, -0.2) is 15.2 Å². The first-order valence-electron chi connectivity index (χ1n) is 5.16. The Morgan fingerprint density at radius 2 is 2.24 bits per heavy atom. The minimum atomic E-state index is -0.237. The third-order valence-electron chi connectivity index (χ3n) is 2.38. The first-order valence-corrected chi connectivity index (χ1v) is 5.98. The van der Waals surface area contributed by atoms with E-state index in [1.54, 1.807) is 13.0 Å². The van der Waals surface area contributed by atoms with Gasteiger partial charge in [0.05, 0.1) is 0 Å². The molecule has 2 rings (SSSR count). The Morgan fingerprint density at radius 1 is 1.47 bits per heavy atom. The van der Waals surface area contributed by atoms with Gasteiger partial charge in [0.1, 0.15) is 12.1 Å². The second kappa shape index (κ2) is 4.85. The maximum atomic E-state index is 13.5. The van der Waals surface area contributed by atoms with Crippen molar-refractivity contribution in [3.63, 3.8) is 0 Å². The summed E-state index contributed by atoms with van der Waals surface area (Å²) in [7, 11) is 0. The predicted octanol–water partition coefficient (Wildman–Crippen LogP) is 2.42. The van der Waals surface area contributed by atoms with Crippen molar-refractivity contribution in [2.24, 2.45) is 5.73 Å². The average Bonchev–Trinajstić information content (AvgIpc) is 2.75. The Balaban J connectivity index is 2.41. The molecular formula is C11H13FN4S. The smallest absolute Gasteiger partial charge is 0.188 e. The standard InChI is InChI=1S/C11H13FN4S/c1-6-3-10(17-11-14-5-15-16-11)8(7(2)13)4-9(6)12/h3-5,7H,13H2,1-2H3,(H,14,15,16)/t7-/m1/s1. The molecule has 0 aliphatic carbocycles. The van der Waals surface area contributed by atoms with E-state index >= 15 is 0 Å². The molecule has 0 fully saturated rings. The van der Waals surface area contributed by atoms with Gasteiger partial charge in [0.2, 0.25) is 0 Å². The first-order chi connectivity index (χ1) is 8.08. The van der Waals surface area contributed by atoms with Crippen molar-refractivity contribution in [1.82, 2.24) is 15.2 Å². The highest BCUT2D eigenvalue weighted by Crippen LogP contribution is 2.32. The third-order valence-corrected chi connectivity index (χ3v) is 3.34. The molecule has 1 aromatic heterocycles. The number of aromatic nitrogens is 3. The molecule has 90 valence electrons. The molecule has 2 aromatic rings. The second-order valence-corrected chi connectivity index (χ2v) is 4.85. The molecule has 1 heterocycles. The minimum absolute atomic E-state index is 0.226. The van der Waals surface area contributed by atoms with E-state index in [0.29, 0.717) is 10.7 Å². The van der Waals surface area contributed by atoms with E-state index in [1.165, 1.54) is 24.2 Å². The van der Waals surface area contributed by atoms with E-state index in [0.717, 1.165) is 10.5 Å². The zero-order valence-electron chi connectivity index (χ0n) is 9.57. The molecule has 0 saturated carbocycles. The summed E-state index contributed by atoms with van der Waals surface area (Å²) in [6, 6.07) is 3.04. The van der Waals surface area contributed by atoms with E-state index in [1.807, 2.05) is 6.92 Å². The van der Waals surface area contributed by atoms with Crippen LogP contribution in [0.3, 0.4) is 0 Å². The number of aryl methyl sites for hydroxylation is 1. The van der Waals surface area contributed by atoms with Crippen LogP contribution in [-0.2, 0) is 0 Å². The van der Waals surface area contributed by atoms with Gasteiger partial charge in [-0.3, -0.25) is 5.10 Å². The van der Waals surface area contributed by atoms with E-state index < -0.39 is 0 Å². The number of nitrogens with one attached hydrogen (secondary N) is 1. The molecule has 4 nitrogen and oxygen atoms in total. The molecule has 6 heteroatoms. The molecule has 0 aliphatic rings. The van der Waals surface area contributed by atoms with Gasteiger partial charge in [-0.25, -0.2) is 9.37 Å². The van der Waals surface area contributed by atoms with Gasteiger partial charge >= 0.3 is 0 Å². The monoisotopic (exact) mass is 252 g/mol. The zero-order chi connectivity index (χ0) is 12.4. The van der Waals surface area contributed by atoms with Gasteiger partial charge in [-0.1, -0.05) is 0 Å². The van der Waals surface area contributed by atoms with Crippen LogP contribution < -0.4 is 5.73 Å². The average molecular weight is 252 g/mol. The highest BCUT2D eigenvalue weighted by molar-refractivity contribution is 7.99. The highest BCUT2D eigenvalue weighted by atomic mass is 32.2. The third kappa shape index (κ3) is 2.65. The maximum absolute atomic E-state index is 13.5. The normalized spacial score (nSPS) is 12.7. The molecule has 0 amide bonds. The van der Waals surface area contributed by atoms with Crippen LogP contribution in [0.15, 0.2) is 28.5 Å². The zero-order valence-corrected chi connectivity index (χ0v) is 10.4. The van der Waals surface area contributed by atoms with Gasteiger partial charge in [-0.05, 0) is 48.9 Å². The van der Waals surface area contributed by atoms with Crippen LogP contribution in [0.25, 0.3) is 0 Å². The Morgan fingerprint density at radius 3 is 2.82 bits per heavy atom. The molecule has 1 atom stereocenters. The summed E-state index contributed by atoms with van der Waals surface area (Å²) >= 11 is 1.40. The van der Waals surface area contributed by atoms with E-state index in [9.17, 15) is 4.39 Å². The molecule has 0 radical (unpaired) electrons. The van der Waals surface area contributed by atoms with Crippen LogP contribution in [0.4, 0.5) is 4.39 Å². The van der Waals surface area contributed by atoms with Crippen molar-refractivity contribution in [2.75, 3.05) is 0 Å². The Kier molecular flexibility index (Phi) is 3.44. The largest absolute Gasteiger partial charge is 0.324 e. The highest BCUT2D eigenvalue weighted by Gasteiger charge is 2.13. The molecule has 0 saturated heterocycles. The number of benzene rings is 1. The number of nitrogens with two attached hydrogens (primary N) is 1. The van der Waals surface area contributed by atoms with E-state index in [2.05, 4.69) is 15.2 Å². The fourth-order valence-corrected chi connectivity index (χ4v) is 2.47. The molecule has 17 heavy (non-hydrogen) atoms. The predicted molar refractivity (Wildman–Crippen MR) is 64.2 cm³/mol. The Labute approximate surface area is 103 Å². The number of hydrogen-bond donors (Lipinski definition) is 2. The lowest BCUT2D eigenvalue weighted by atomic mass is 10.1. The summed E-state index contributed by atoms with van der Waals surface area (Å²) < 4.78 is 13.5. The molecular weight excluding hydrogens is 239 g/mol. The molecule has 0 spiro atoms. The summed E-state index contributed by atoms with van der Waals surface area (Å²) in [5.41, 5.74) is 7.20. The van der Waals surface area contributed by atoms with Crippen LogP contribution >= 0.6 is 11.8 Å². The molecule has 0 aliphatic heterocycles. The second-order valence-electron chi connectivity index (χ2n) is 3.82. The number of rotatable bonds is 3. The minimum Gasteiger partial charge on any atom is -0.324 e. The molecule has 0 unspecified atom stereocenters. The fourth-order valence-electron chi connectivity index (χ4n) is 1.46. The Hall–Kier alpha value is -1.40. The maximum Gasteiger partial charge on any atom is 0.188 e.